The summed E-state index contributed by atoms with van der Waals surface area (Å²) >= 11 is 0. The first-order valence-corrected chi connectivity index (χ1v) is 5.15. The second-order valence-electron chi connectivity index (χ2n) is 3.83. The highest BCUT2D eigenvalue weighted by Gasteiger charge is 2.23. The number of hydrogen-bond acceptors (Lipinski definition) is 3. The average molecular weight is 219 g/mol. The Bertz CT molecular complexity index is 431. The summed E-state index contributed by atoms with van der Waals surface area (Å²) in [5, 5.41) is 2.30. The van der Waals surface area contributed by atoms with E-state index >= 15 is 0 Å². The monoisotopic (exact) mass is 219 g/mol. The van der Waals surface area contributed by atoms with E-state index in [0.29, 0.717) is 19.5 Å². The standard InChI is InChI=1S/C11H13N3O2/c1-8-2-4-12-6-9(8)7-14-5-3-10(15)13-11(14)16/h2,4,6H,3,5,7H2,1H3,(H,13,15,16). The number of rotatable bonds is 2. The van der Waals surface area contributed by atoms with E-state index in [4.69, 9.17) is 0 Å². The molecule has 5 nitrogen and oxygen atoms in total. The van der Waals surface area contributed by atoms with E-state index in [1.165, 1.54) is 0 Å². The van der Waals surface area contributed by atoms with Crippen molar-refractivity contribution in [3.05, 3.63) is 29.6 Å². The maximum atomic E-state index is 11.5. The quantitative estimate of drug-likeness (QED) is 0.801. The number of nitrogens with zero attached hydrogens (tertiary/aromatic N) is 2. The highest BCUT2D eigenvalue weighted by molar-refractivity contribution is 5.96. The van der Waals surface area contributed by atoms with Crippen LogP contribution in [0.3, 0.4) is 0 Å². The molecular formula is C11H13N3O2. The SMILES string of the molecule is Cc1ccncc1CN1CCC(=O)NC1=O. The number of carbonyl (C=O) groups excluding carboxylic acids is 2. The van der Waals surface area contributed by atoms with Gasteiger partial charge in [-0.2, -0.15) is 0 Å². The van der Waals surface area contributed by atoms with Crippen molar-refractivity contribution in [2.45, 2.75) is 19.9 Å². The van der Waals surface area contributed by atoms with Crippen molar-refractivity contribution in [3.63, 3.8) is 0 Å². The Labute approximate surface area is 93.5 Å². The van der Waals surface area contributed by atoms with Crippen LogP contribution >= 0.6 is 0 Å². The minimum Gasteiger partial charge on any atom is -0.320 e. The minimum absolute atomic E-state index is 0.204. The van der Waals surface area contributed by atoms with Crippen LogP contribution in [0.5, 0.6) is 0 Å². The molecule has 0 aromatic carbocycles. The number of aromatic nitrogens is 1. The fraction of sp³-hybridized carbons (Fsp3) is 0.364. The van der Waals surface area contributed by atoms with Crippen LogP contribution in [0, 0.1) is 6.92 Å². The van der Waals surface area contributed by atoms with Gasteiger partial charge in [-0.05, 0) is 24.1 Å². The van der Waals surface area contributed by atoms with Gasteiger partial charge in [0.1, 0.15) is 0 Å². The van der Waals surface area contributed by atoms with Gasteiger partial charge < -0.3 is 4.90 Å². The van der Waals surface area contributed by atoms with Gasteiger partial charge in [-0.25, -0.2) is 4.79 Å². The third-order valence-corrected chi connectivity index (χ3v) is 2.65. The Morgan fingerprint density at radius 2 is 2.31 bits per heavy atom. The molecule has 0 radical (unpaired) electrons. The summed E-state index contributed by atoms with van der Waals surface area (Å²) < 4.78 is 0. The summed E-state index contributed by atoms with van der Waals surface area (Å²) in [5.41, 5.74) is 2.10. The van der Waals surface area contributed by atoms with Crippen LogP contribution < -0.4 is 5.32 Å². The zero-order chi connectivity index (χ0) is 11.5. The van der Waals surface area contributed by atoms with Gasteiger partial charge in [0.2, 0.25) is 5.91 Å². The van der Waals surface area contributed by atoms with Crippen molar-refractivity contribution in [1.82, 2.24) is 15.2 Å². The molecule has 1 fully saturated rings. The van der Waals surface area contributed by atoms with Gasteiger partial charge in [-0.15, -0.1) is 0 Å². The largest absolute Gasteiger partial charge is 0.324 e. The topological polar surface area (TPSA) is 62.3 Å². The van der Waals surface area contributed by atoms with Crippen molar-refractivity contribution in [1.29, 1.82) is 0 Å². The number of hydrogen-bond donors (Lipinski definition) is 1. The van der Waals surface area contributed by atoms with Crippen LogP contribution in [0.2, 0.25) is 0 Å². The first kappa shape index (κ1) is 10.6. The summed E-state index contributed by atoms with van der Waals surface area (Å²) in [5.74, 6) is -0.204. The lowest BCUT2D eigenvalue weighted by molar-refractivity contribution is -0.121. The van der Waals surface area contributed by atoms with Crippen LogP contribution in [0.1, 0.15) is 17.5 Å². The first-order chi connectivity index (χ1) is 7.66. The maximum Gasteiger partial charge on any atom is 0.324 e. The third kappa shape index (κ3) is 2.18. The molecule has 0 bridgehead atoms. The van der Waals surface area contributed by atoms with E-state index in [9.17, 15) is 9.59 Å². The Morgan fingerprint density at radius 1 is 1.50 bits per heavy atom. The van der Waals surface area contributed by atoms with E-state index in [1.54, 1.807) is 17.3 Å². The number of aryl methyl sites for hydroxylation is 1. The zero-order valence-electron chi connectivity index (χ0n) is 9.06. The van der Waals surface area contributed by atoms with Crippen LogP contribution in [-0.4, -0.2) is 28.4 Å². The molecule has 1 aromatic rings. The molecule has 3 amide bonds. The molecule has 0 atom stereocenters. The number of nitrogens with one attached hydrogen (secondary N) is 1. The minimum atomic E-state index is -0.320. The van der Waals surface area contributed by atoms with Gasteiger partial charge in [0.25, 0.3) is 0 Å². The molecule has 1 N–H and O–H groups in total. The smallest absolute Gasteiger partial charge is 0.320 e. The molecule has 84 valence electrons. The Balaban J connectivity index is 2.08. The molecule has 2 rings (SSSR count). The van der Waals surface area contributed by atoms with Crippen molar-refractivity contribution in [2.24, 2.45) is 0 Å². The van der Waals surface area contributed by atoms with Gasteiger partial charge in [0.05, 0.1) is 0 Å². The lowest BCUT2D eigenvalue weighted by atomic mass is 10.1. The molecule has 0 saturated carbocycles. The molecular weight excluding hydrogens is 206 g/mol. The number of amides is 3. The van der Waals surface area contributed by atoms with Crippen LogP contribution in [0.4, 0.5) is 4.79 Å². The van der Waals surface area contributed by atoms with Gasteiger partial charge in [-0.3, -0.25) is 15.1 Å². The second-order valence-corrected chi connectivity index (χ2v) is 3.83. The van der Waals surface area contributed by atoms with Crippen molar-refractivity contribution in [3.8, 4) is 0 Å². The van der Waals surface area contributed by atoms with E-state index in [2.05, 4.69) is 10.3 Å². The predicted octanol–water partition coefficient (Wildman–Crippen LogP) is 0.832. The lowest BCUT2D eigenvalue weighted by Crippen LogP contribution is -2.48. The summed E-state index contributed by atoms with van der Waals surface area (Å²) in [7, 11) is 0. The van der Waals surface area contributed by atoms with Crippen LogP contribution in [-0.2, 0) is 11.3 Å². The summed E-state index contributed by atoms with van der Waals surface area (Å²) in [6.07, 6.45) is 3.84. The molecule has 16 heavy (non-hydrogen) atoms. The van der Waals surface area contributed by atoms with E-state index in [-0.39, 0.29) is 11.9 Å². The van der Waals surface area contributed by atoms with Gasteiger partial charge >= 0.3 is 6.03 Å². The normalized spacial score (nSPS) is 16.2. The average Bonchev–Trinajstić information content (AvgIpc) is 2.25. The Morgan fingerprint density at radius 3 is 3.00 bits per heavy atom. The first-order valence-electron chi connectivity index (χ1n) is 5.15. The molecule has 5 heteroatoms. The summed E-state index contributed by atoms with van der Waals surface area (Å²) in [6, 6.07) is 1.59. The zero-order valence-corrected chi connectivity index (χ0v) is 9.06. The number of pyridine rings is 1. The van der Waals surface area contributed by atoms with Crippen LogP contribution in [0.15, 0.2) is 18.5 Å². The van der Waals surface area contributed by atoms with E-state index in [1.807, 2.05) is 13.0 Å². The molecule has 0 unspecified atom stereocenters. The number of carbonyl (C=O) groups is 2. The fourth-order valence-corrected chi connectivity index (χ4v) is 1.62. The fourth-order valence-electron chi connectivity index (χ4n) is 1.62. The maximum absolute atomic E-state index is 11.5. The lowest BCUT2D eigenvalue weighted by Gasteiger charge is -2.26. The van der Waals surface area contributed by atoms with Crippen molar-refractivity contribution >= 4 is 11.9 Å². The summed E-state index contributed by atoms with van der Waals surface area (Å²) in [6.45, 7) is 2.95. The summed E-state index contributed by atoms with van der Waals surface area (Å²) in [4.78, 5) is 28.1. The molecule has 1 aliphatic heterocycles. The number of imide groups is 1. The molecule has 1 aliphatic rings. The van der Waals surface area contributed by atoms with Crippen LogP contribution in [0.25, 0.3) is 0 Å². The molecule has 0 aliphatic carbocycles. The van der Waals surface area contributed by atoms with E-state index < -0.39 is 0 Å². The Hall–Kier alpha value is -1.91. The van der Waals surface area contributed by atoms with Gasteiger partial charge in [0.15, 0.2) is 0 Å². The predicted molar refractivity (Wildman–Crippen MR) is 57.5 cm³/mol. The molecule has 1 aromatic heterocycles. The number of urea groups is 1. The Kier molecular flexibility index (Phi) is 2.85. The highest BCUT2D eigenvalue weighted by Crippen LogP contribution is 2.11. The second kappa shape index (κ2) is 4.30. The molecule has 1 saturated heterocycles. The van der Waals surface area contributed by atoms with Crippen molar-refractivity contribution < 1.29 is 9.59 Å². The van der Waals surface area contributed by atoms with Gasteiger partial charge in [-0.1, -0.05) is 0 Å². The molecule has 0 spiro atoms. The third-order valence-electron chi connectivity index (χ3n) is 2.65. The van der Waals surface area contributed by atoms with E-state index in [0.717, 1.165) is 11.1 Å². The molecule has 2 heterocycles. The van der Waals surface area contributed by atoms with Crippen molar-refractivity contribution in [2.75, 3.05) is 6.54 Å². The van der Waals surface area contributed by atoms with Gasteiger partial charge in [0, 0.05) is 31.9 Å². The highest BCUT2D eigenvalue weighted by atomic mass is 16.2.